The maximum atomic E-state index is 13.9. The summed E-state index contributed by atoms with van der Waals surface area (Å²) >= 11 is 1.24. The summed E-state index contributed by atoms with van der Waals surface area (Å²) in [4.78, 5) is 44.4. The van der Waals surface area contributed by atoms with Gasteiger partial charge in [0.1, 0.15) is 0 Å². The predicted molar refractivity (Wildman–Crippen MR) is 160 cm³/mol. The molecule has 42 heavy (non-hydrogen) atoms. The number of fused-ring (bicyclic) bond motifs is 1. The van der Waals surface area contributed by atoms with Crippen LogP contribution in [0, 0.1) is 0 Å². The summed E-state index contributed by atoms with van der Waals surface area (Å²) in [6, 6.07) is 23.1. The number of methoxy groups -OCH3 is 1. The molecule has 0 aliphatic carbocycles. The van der Waals surface area contributed by atoms with Gasteiger partial charge in [-0.1, -0.05) is 65.9 Å². The second-order valence-corrected chi connectivity index (χ2v) is 10.3. The van der Waals surface area contributed by atoms with Crippen molar-refractivity contribution < 1.29 is 23.8 Å². The Morgan fingerprint density at radius 1 is 1.02 bits per heavy atom. The number of carbonyl (C=O) groups excluding carboxylic acids is 2. The van der Waals surface area contributed by atoms with Crippen LogP contribution < -0.4 is 29.7 Å². The van der Waals surface area contributed by atoms with Crippen molar-refractivity contribution in [3.8, 4) is 11.5 Å². The summed E-state index contributed by atoms with van der Waals surface area (Å²) in [5.41, 5.74) is 2.79. The van der Waals surface area contributed by atoms with Gasteiger partial charge in [-0.25, -0.2) is 9.79 Å². The first kappa shape index (κ1) is 28.6. The van der Waals surface area contributed by atoms with Crippen molar-refractivity contribution in [1.29, 1.82) is 0 Å². The first-order valence-corrected chi connectivity index (χ1v) is 14.1. The summed E-state index contributed by atoms with van der Waals surface area (Å²) in [5, 5.41) is 2.95. The Labute approximate surface area is 246 Å². The van der Waals surface area contributed by atoms with E-state index in [1.54, 1.807) is 42.7 Å². The molecule has 0 saturated heterocycles. The van der Waals surface area contributed by atoms with Gasteiger partial charge in [0, 0.05) is 5.69 Å². The monoisotopic (exact) mass is 583 g/mol. The van der Waals surface area contributed by atoms with Gasteiger partial charge in [-0.05, 0) is 55.3 Å². The maximum absolute atomic E-state index is 13.9. The average molecular weight is 584 g/mol. The topological polar surface area (TPSA) is 108 Å². The lowest BCUT2D eigenvalue weighted by Crippen LogP contribution is -2.40. The number of carbonyl (C=O) groups is 2. The van der Waals surface area contributed by atoms with Crippen molar-refractivity contribution >= 4 is 35.0 Å². The van der Waals surface area contributed by atoms with Gasteiger partial charge in [0.05, 0.1) is 35.6 Å². The smallest absolute Gasteiger partial charge is 0.344 e. The molecule has 0 radical (unpaired) electrons. The molecule has 3 aromatic carbocycles. The number of allylic oxidation sites excluding steroid dienone is 1. The Balaban J connectivity index is 1.54. The summed E-state index contributed by atoms with van der Waals surface area (Å²) in [5.74, 6) is -0.0322. The van der Waals surface area contributed by atoms with Gasteiger partial charge in [-0.3, -0.25) is 14.2 Å². The number of nitrogens with one attached hydrogen (secondary N) is 1. The van der Waals surface area contributed by atoms with Crippen LogP contribution in [0.1, 0.15) is 31.0 Å². The van der Waals surface area contributed by atoms with E-state index < -0.39 is 12.0 Å². The van der Waals surface area contributed by atoms with Crippen molar-refractivity contribution in [2.45, 2.75) is 19.9 Å². The summed E-state index contributed by atoms with van der Waals surface area (Å²) < 4.78 is 17.9. The van der Waals surface area contributed by atoms with E-state index in [-0.39, 0.29) is 24.7 Å². The minimum Gasteiger partial charge on any atom is -0.493 e. The van der Waals surface area contributed by atoms with Gasteiger partial charge in [-0.15, -0.1) is 0 Å². The molecule has 1 aliphatic heterocycles. The number of hydrogen-bond acceptors (Lipinski definition) is 8. The fraction of sp³-hybridized carbons (Fsp3) is 0.188. The summed E-state index contributed by atoms with van der Waals surface area (Å²) in [6.45, 7) is 3.52. The molecule has 10 heteroatoms. The van der Waals surface area contributed by atoms with E-state index >= 15 is 0 Å². The standard InChI is InChI=1S/C32H29N3O6S/c1-4-40-27(36)19-41-24-16-15-21(17-25(24)39-3)18-26-31(38)35-29(22-11-7-5-8-12-22)28(20(2)33-32(35)42-26)30(37)34-23-13-9-6-10-14-23/h5-18,29H,4,19H2,1-3H3,(H,34,37)/b26-18-/t29-/m0/s1. The Bertz CT molecular complexity index is 1830. The van der Waals surface area contributed by atoms with Crippen LogP contribution in [-0.4, -0.2) is 36.8 Å². The van der Waals surface area contributed by atoms with Crippen LogP contribution in [0.25, 0.3) is 6.08 Å². The number of thiazole rings is 1. The van der Waals surface area contributed by atoms with E-state index in [2.05, 4.69) is 10.3 Å². The predicted octanol–water partition coefficient (Wildman–Crippen LogP) is 3.82. The molecule has 214 valence electrons. The van der Waals surface area contributed by atoms with Crippen molar-refractivity contribution in [3.63, 3.8) is 0 Å². The van der Waals surface area contributed by atoms with E-state index in [9.17, 15) is 14.4 Å². The Morgan fingerprint density at radius 2 is 1.74 bits per heavy atom. The van der Waals surface area contributed by atoms with Crippen molar-refractivity contribution in [2.24, 2.45) is 4.99 Å². The fourth-order valence-electron chi connectivity index (χ4n) is 4.67. The first-order chi connectivity index (χ1) is 20.4. The molecule has 0 fully saturated rings. The van der Waals surface area contributed by atoms with Crippen LogP contribution in [0.2, 0.25) is 0 Å². The van der Waals surface area contributed by atoms with Crippen LogP contribution in [0.15, 0.2) is 99.9 Å². The number of ether oxygens (including phenoxy) is 3. The number of rotatable bonds is 9. The van der Waals surface area contributed by atoms with Crippen LogP contribution in [0.4, 0.5) is 5.69 Å². The minimum atomic E-state index is -0.665. The van der Waals surface area contributed by atoms with Crippen LogP contribution in [0.3, 0.4) is 0 Å². The van der Waals surface area contributed by atoms with E-state index in [0.717, 1.165) is 5.56 Å². The van der Waals surface area contributed by atoms with Crippen LogP contribution in [0.5, 0.6) is 11.5 Å². The van der Waals surface area contributed by atoms with Gasteiger partial charge < -0.3 is 19.5 Å². The molecule has 1 atom stereocenters. The SMILES string of the molecule is CCOC(=O)COc1ccc(/C=c2\sc3n(c2=O)[C@@H](c2ccccc2)C(C(=O)Nc2ccccc2)=C(C)N=3)cc1OC. The molecule has 1 aromatic heterocycles. The number of benzene rings is 3. The second-order valence-electron chi connectivity index (χ2n) is 9.32. The lowest BCUT2D eigenvalue weighted by molar-refractivity contribution is -0.145. The lowest BCUT2D eigenvalue weighted by atomic mass is 9.95. The minimum absolute atomic E-state index is 0.249. The molecule has 0 spiro atoms. The third kappa shape index (κ3) is 6.03. The molecule has 4 aromatic rings. The number of nitrogens with zero attached hydrogens (tertiary/aromatic N) is 2. The zero-order valence-corrected chi connectivity index (χ0v) is 24.1. The number of aromatic nitrogens is 1. The Morgan fingerprint density at radius 3 is 2.43 bits per heavy atom. The average Bonchev–Trinajstić information content (AvgIpc) is 3.30. The third-order valence-electron chi connectivity index (χ3n) is 6.55. The molecule has 0 saturated carbocycles. The van der Waals surface area contributed by atoms with Gasteiger partial charge >= 0.3 is 5.97 Å². The Hall–Kier alpha value is -4.96. The maximum Gasteiger partial charge on any atom is 0.344 e. The van der Waals surface area contributed by atoms with Gasteiger partial charge in [0.2, 0.25) is 0 Å². The van der Waals surface area contributed by atoms with Gasteiger partial charge in [0.15, 0.2) is 22.9 Å². The number of anilines is 1. The largest absolute Gasteiger partial charge is 0.493 e. The molecule has 1 aliphatic rings. The van der Waals surface area contributed by atoms with Crippen LogP contribution in [-0.2, 0) is 14.3 Å². The molecule has 9 nitrogen and oxygen atoms in total. The highest BCUT2D eigenvalue weighted by Crippen LogP contribution is 2.31. The number of para-hydroxylation sites is 1. The van der Waals surface area contributed by atoms with E-state index in [1.807, 2.05) is 60.7 Å². The molecular formula is C32H29N3O6S. The zero-order chi connectivity index (χ0) is 29.6. The lowest BCUT2D eigenvalue weighted by Gasteiger charge is -2.25. The summed E-state index contributed by atoms with van der Waals surface area (Å²) in [6.07, 6.45) is 1.74. The first-order valence-electron chi connectivity index (χ1n) is 13.3. The van der Waals surface area contributed by atoms with Crippen molar-refractivity contribution in [3.05, 3.63) is 121 Å². The normalized spacial score (nSPS) is 14.5. The Kier molecular flexibility index (Phi) is 8.63. The van der Waals surface area contributed by atoms with Crippen LogP contribution >= 0.6 is 11.3 Å². The number of hydrogen-bond donors (Lipinski definition) is 1. The highest BCUT2D eigenvalue weighted by molar-refractivity contribution is 7.07. The van der Waals surface area contributed by atoms with E-state index in [4.69, 9.17) is 14.2 Å². The summed E-state index contributed by atoms with van der Waals surface area (Å²) in [7, 11) is 1.49. The highest BCUT2D eigenvalue weighted by Gasteiger charge is 2.32. The number of esters is 1. The van der Waals surface area contributed by atoms with E-state index in [1.165, 1.54) is 18.4 Å². The van der Waals surface area contributed by atoms with Gasteiger partial charge in [0.25, 0.3) is 11.5 Å². The highest BCUT2D eigenvalue weighted by atomic mass is 32.1. The number of amides is 1. The molecule has 1 amide bonds. The molecule has 2 heterocycles. The van der Waals surface area contributed by atoms with Crippen molar-refractivity contribution in [2.75, 3.05) is 25.6 Å². The quantitative estimate of drug-likeness (QED) is 0.300. The molecule has 0 bridgehead atoms. The fourth-order valence-corrected chi connectivity index (χ4v) is 5.71. The zero-order valence-electron chi connectivity index (χ0n) is 23.3. The molecule has 0 unspecified atom stereocenters. The van der Waals surface area contributed by atoms with Crippen molar-refractivity contribution in [1.82, 2.24) is 4.57 Å². The molecule has 5 rings (SSSR count). The van der Waals surface area contributed by atoms with E-state index in [0.29, 0.717) is 43.4 Å². The molecule has 1 N–H and O–H groups in total. The second kappa shape index (κ2) is 12.7. The van der Waals surface area contributed by atoms with Gasteiger partial charge in [-0.2, -0.15) is 0 Å². The molecular weight excluding hydrogens is 554 g/mol. The third-order valence-corrected chi connectivity index (χ3v) is 7.53.